The van der Waals surface area contributed by atoms with Gasteiger partial charge in [-0.2, -0.15) is 0 Å². The van der Waals surface area contributed by atoms with E-state index in [2.05, 4.69) is 20.5 Å². The van der Waals surface area contributed by atoms with Gasteiger partial charge in [0.2, 0.25) is 5.91 Å². The number of nitrogens with one attached hydrogen (secondary N) is 1. The Morgan fingerprint density at radius 3 is 2.50 bits per heavy atom. The Bertz CT molecular complexity index is 1010. The highest BCUT2D eigenvalue weighted by Gasteiger charge is 2.22. The van der Waals surface area contributed by atoms with Crippen LogP contribution in [0.2, 0.25) is 15.1 Å². The fourth-order valence-corrected chi connectivity index (χ4v) is 4.36. The number of amides is 1. The number of hydrogen-bond donors (Lipinski definition) is 1. The largest absolute Gasteiger partial charge is 0.383 e. The number of pyridine rings is 1. The van der Waals surface area contributed by atoms with Crippen molar-refractivity contribution < 1.29 is 9.53 Å². The Labute approximate surface area is 193 Å². The molecule has 0 spiro atoms. The van der Waals surface area contributed by atoms with Crippen LogP contribution < -0.4 is 5.32 Å². The summed E-state index contributed by atoms with van der Waals surface area (Å²) in [7, 11) is 1.62. The van der Waals surface area contributed by atoms with E-state index in [-0.39, 0.29) is 16.0 Å². The summed E-state index contributed by atoms with van der Waals surface area (Å²) < 4.78 is 7.12. The van der Waals surface area contributed by atoms with Gasteiger partial charge < -0.3 is 10.1 Å². The second-order valence-electron chi connectivity index (χ2n) is 6.18. The average molecular weight is 487 g/mol. The van der Waals surface area contributed by atoms with Crippen LogP contribution in [0.1, 0.15) is 6.92 Å². The molecule has 1 aromatic carbocycles. The first kappa shape index (κ1) is 22.8. The van der Waals surface area contributed by atoms with E-state index in [1.807, 2.05) is 16.7 Å². The van der Waals surface area contributed by atoms with Crippen molar-refractivity contribution in [3.63, 3.8) is 0 Å². The molecule has 3 aromatic rings. The predicted molar refractivity (Wildman–Crippen MR) is 121 cm³/mol. The topological polar surface area (TPSA) is 81.9 Å². The summed E-state index contributed by atoms with van der Waals surface area (Å²) in [6.07, 6.45) is 3.38. The fourth-order valence-electron chi connectivity index (χ4n) is 2.57. The normalized spacial score (nSPS) is 12.0. The molecule has 1 amide bonds. The number of rotatable bonds is 8. The Morgan fingerprint density at radius 2 is 1.87 bits per heavy atom. The van der Waals surface area contributed by atoms with Crippen LogP contribution in [0.15, 0.2) is 41.8 Å². The van der Waals surface area contributed by atoms with Crippen LogP contribution >= 0.6 is 46.6 Å². The fraction of sp³-hybridized carbons (Fsp3) is 0.263. The van der Waals surface area contributed by atoms with Crippen molar-refractivity contribution in [2.75, 3.05) is 19.0 Å². The van der Waals surface area contributed by atoms with Crippen molar-refractivity contribution in [2.45, 2.75) is 23.9 Å². The molecule has 3 rings (SSSR count). The molecule has 0 fully saturated rings. The third kappa shape index (κ3) is 5.44. The van der Waals surface area contributed by atoms with Gasteiger partial charge in [-0.25, -0.2) is 0 Å². The van der Waals surface area contributed by atoms with Crippen molar-refractivity contribution in [1.29, 1.82) is 0 Å². The van der Waals surface area contributed by atoms with Gasteiger partial charge in [-0.3, -0.25) is 14.3 Å². The summed E-state index contributed by atoms with van der Waals surface area (Å²) in [6, 6.07) is 6.74. The van der Waals surface area contributed by atoms with Gasteiger partial charge in [-0.15, -0.1) is 10.2 Å². The van der Waals surface area contributed by atoms with Crippen molar-refractivity contribution >= 4 is 58.2 Å². The number of aromatic nitrogens is 4. The molecule has 0 aliphatic heterocycles. The standard InChI is InChI=1S/C19H18Cl3N5O2S/c1-11(18(28)24-16-14(21)9-13(20)10-15(16)22)30-19-26-25-17(27(19)7-8-29-2)12-3-5-23-6-4-12/h3-6,9-11H,7-8H2,1-2H3,(H,24,28). The SMILES string of the molecule is COCCn1c(SC(C)C(=O)Nc2c(Cl)cc(Cl)cc2Cl)nnc1-c1ccncc1. The molecule has 11 heteroatoms. The molecule has 0 saturated carbocycles. The maximum absolute atomic E-state index is 12.7. The first-order valence-corrected chi connectivity index (χ1v) is 10.9. The number of carbonyl (C=O) groups excluding carboxylic acids is 1. The van der Waals surface area contributed by atoms with E-state index in [1.165, 1.54) is 23.9 Å². The smallest absolute Gasteiger partial charge is 0.237 e. The lowest BCUT2D eigenvalue weighted by atomic mass is 10.2. The van der Waals surface area contributed by atoms with Crippen molar-refractivity contribution in [2.24, 2.45) is 0 Å². The first-order chi connectivity index (χ1) is 14.4. The molecule has 0 radical (unpaired) electrons. The van der Waals surface area contributed by atoms with E-state index in [9.17, 15) is 4.79 Å². The summed E-state index contributed by atoms with van der Waals surface area (Å²) >= 11 is 19.5. The summed E-state index contributed by atoms with van der Waals surface area (Å²) in [6.45, 7) is 2.77. The second kappa shape index (κ2) is 10.5. The summed E-state index contributed by atoms with van der Waals surface area (Å²) in [5, 5.41) is 12.3. The van der Waals surface area contributed by atoms with Crippen LogP contribution in [0.25, 0.3) is 11.4 Å². The van der Waals surface area contributed by atoms with Crippen LogP contribution in [-0.2, 0) is 16.1 Å². The summed E-state index contributed by atoms with van der Waals surface area (Å²) in [4.78, 5) is 16.8. The van der Waals surface area contributed by atoms with E-state index >= 15 is 0 Å². The molecule has 2 heterocycles. The van der Waals surface area contributed by atoms with Crippen LogP contribution in [0.3, 0.4) is 0 Å². The van der Waals surface area contributed by atoms with Crippen LogP contribution in [-0.4, -0.2) is 44.6 Å². The lowest BCUT2D eigenvalue weighted by Gasteiger charge is -2.15. The number of benzene rings is 1. The van der Waals surface area contributed by atoms with E-state index < -0.39 is 5.25 Å². The Balaban J connectivity index is 1.80. The highest BCUT2D eigenvalue weighted by molar-refractivity contribution is 8.00. The van der Waals surface area contributed by atoms with E-state index in [0.717, 1.165) is 5.56 Å². The molecule has 0 aliphatic carbocycles. The molecule has 30 heavy (non-hydrogen) atoms. The maximum Gasteiger partial charge on any atom is 0.237 e. The molecule has 0 bridgehead atoms. The molecule has 0 saturated heterocycles. The lowest BCUT2D eigenvalue weighted by molar-refractivity contribution is -0.115. The number of nitrogens with zero attached hydrogens (tertiary/aromatic N) is 4. The van der Waals surface area contributed by atoms with Gasteiger partial charge in [0.15, 0.2) is 11.0 Å². The summed E-state index contributed by atoms with van der Waals surface area (Å²) in [5.74, 6) is 0.395. The molecule has 158 valence electrons. The quantitative estimate of drug-likeness (QED) is 0.448. The number of ether oxygens (including phenoxy) is 1. The van der Waals surface area contributed by atoms with Gasteiger partial charge in [-0.05, 0) is 31.2 Å². The molecule has 1 N–H and O–H groups in total. The van der Waals surface area contributed by atoms with Gasteiger partial charge in [0, 0.05) is 30.1 Å². The molecular weight excluding hydrogens is 469 g/mol. The van der Waals surface area contributed by atoms with Gasteiger partial charge in [0.25, 0.3) is 0 Å². The Morgan fingerprint density at radius 1 is 1.20 bits per heavy atom. The zero-order chi connectivity index (χ0) is 21.7. The van der Waals surface area contributed by atoms with Crippen molar-refractivity contribution in [1.82, 2.24) is 19.7 Å². The molecule has 1 unspecified atom stereocenters. The van der Waals surface area contributed by atoms with Crippen LogP contribution in [0.4, 0.5) is 5.69 Å². The third-order valence-corrected chi connectivity index (χ3v) is 5.98. The predicted octanol–water partition coefficient (Wildman–Crippen LogP) is 5.07. The molecule has 1 atom stereocenters. The van der Waals surface area contributed by atoms with Crippen molar-refractivity contribution in [3.8, 4) is 11.4 Å². The van der Waals surface area contributed by atoms with Gasteiger partial charge >= 0.3 is 0 Å². The number of methoxy groups -OCH3 is 1. The zero-order valence-corrected chi connectivity index (χ0v) is 19.2. The van der Waals surface area contributed by atoms with Crippen LogP contribution in [0.5, 0.6) is 0 Å². The first-order valence-electron chi connectivity index (χ1n) is 8.85. The average Bonchev–Trinajstić information content (AvgIpc) is 3.11. The minimum Gasteiger partial charge on any atom is -0.383 e. The summed E-state index contributed by atoms with van der Waals surface area (Å²) in [5.41, 5.74) is 1.19. The van der Waals surface area contributed by atoms with E-state index in [0.29, 0.717) is 34.8 Å². The Hall–Kier alpha value is -1.84. The minimum atomic E-state index is -0.497. The number of anilines is 1. The second-order valence-corrected chi connectivity index (χ2v) is 8.74. The number of thioether (sulfide) groups is 1. The van der Waals surface area contributed by atoms with Gasteiger partial charge in [0.1, 0.15) is 0 Å². The number of halogens is 3. The van der Waals surface area contributed by atoms with Gasteiger partial charge in [-0.1, -0.05) is 46.6 Å². The van der Waals surface area contributed by atoms with E-state index in [1.54, 1.807) is 26.4 Å². The minimum absolute atomic E-state index is 0.265. The molecule has 7 nitrogen and oxygen atoms in total. The highest BCUT2D eigenvalue weighted by Crippen LogP contribution is 2.34. The maximum atomic E-state index is 12.7. The zero-order valence-electron chi connectivity index (χ0n) is 16.1. The van der Waals surface area contributed by atoms with Gasteiger partial charge in [0.05, 0.1) is 34.1 Å². The number of carbonyl (C=O) groups is 1. The monoisotopic (exact) mass is 485 g/mol. The van der Waals surface area contributed by atoms with Crippen LogP contribution in [0, 0.1) is 0 Å². The van der Waals surface area contributed by atoms with E-state index in [4.69, 9.17) is 39.5 Å². The Kier molecular flexibility index (Phi) is 7.96. The highest BCUT2D eigenvalue weighted by atomic mass is 35.5. The lowest BCUT2D eigenvalue weighted by Crippen LogP contribution is -2.23. The van der Waals surface area contributed by atoms with Crippen molar-refractivity contribution in [3.05, 3.63) is 51.7 Å². The number of hydrogen-bond acceptors (Lipinski definition) is 6. The molecular formula is C19H18Cl3N5O2S. The molecule has 2 aromatic heterocycles. The molecule has 0 aliphatic rings. The third-order valence-electron chi connectivity index (χ3n) is 4.08.